The van der Waals surface area contributed by atoms with Crippen LogP contribution in [0.5, 0.6) is 0 Å². The van der Waals surface area contributed by atoms with E-state index in [4.69, 9.17) is 15.6 Å². The molecule has 0 aliphatic carbocycles. The number of carbonyl (C=O) groups excluding carboxylic acids is 1. The number of carbonyl (C=O) groups is 2. The molecule has 6 atom stereocenters. The number of benzene rings is 1. The van der Waals surface area contributed by atoms with Crippen molar-refractivity contribution in [2.45, 2.75) is 62.9 Å². The SMILES string of the molecule is CCNC(=O)[C@H]1OC(N2C=NC3C(N)=NC(=NCCc4ccc(CCC(=O)O)cc4)NC32)[C@H](O)[C@@H]1O. The van der Waals surface area contributed by atoms with Gasteiger partial charge >= 0.3 is 5.97 Å². The van der Waals surface area contributed by atoms with Crippen LogP contribution in [0.2, 0.25) is 0 Å². The van der Waals surface area contributed by atoms with Gasteiger partial charge in [0.2, 0.25) is 5.96 Å². The molecule has 7 N–H and O–H groups in total. The van der Waals surface area contributed by atoms with Gasteiger partial charge in [-0.1, -0.05) is 24.3 Å². The number of aliphatic hydroxyl groups is 2. The van der Waals surface area contributed by atoms with Gasteiger partial charge in [0, 0.05) is 19.5 Å². The number of nitrogens with one attached hydrogen (secondary N) is 2. The van der Waals surface area contributed by atoms with Crippen LogP contribution in [0.4, 0.5) is 0 Å². The van der Waals surface area contributed by atoms with Gasteiger partial charge in [0.15, 0.2) is 12.3 Å². The van der Waals surface area contributed by atoms with E-state index in [0.29, 0.717) is 31.9 Å². The third kappa shape index (κ3) is 5.48. The highest BCUT2D eigenvalue weighted by Gasteiger charge is 2.52. The molecule has 1 aromatic rings. The maximum absolute atomic E-state index is 12.2. The molecule has 1 saturated heterocycles. The second-order valence-electron chi connectivity index (χ2n) is 8.77. The predicted octanol–water partition coefficient (Wildman–Crippen LogP) is -1.82. The molecule has 13 heteroatoms. The maximum Gasteiger partial charge on any atom is 0.303 e. The van der Waals surface area contributed by atoms with Crippen LogP contribution in [0.1, 0.15) is 24.5 Å². The number of aliphatic imine (C=N–C) groups is 3. The zero-order chi connectivity index (χ0) is 25.8. The number of guanidine groups is 1. The zero-order valence-corrected chi connectivity index (χ0v) is 19.8. The fourth-order valence-corrected chi connectivity index (χ4v) is 4.33. The lowest BCUT2D eigenvalue weighted by Gasteiger charge is -2.35. The first-order valence-electron chi connectivity index (χ1n) is 11.8. The second-order valence-corrected chi connectivity index (χ2v) is 8.77. The molecule has 0 bridgehead atoms. The van der Waals surface area contributed by atoms with E-state index < -0.39 is 48.6 Å². The number of amides is 1. The first kappa shape index (κ1) is 25.5. The quantitative estimate of drug-likeness (QED) is 0.226. The van der Waals surface area contributed by atoms with Crippen molar-refractivity contribution in [3.8, 4) is 0 Å². The molecule has 0 saturated carbocycles. The van der Waals surface area contributed by atoms with Crippen LogP contribution in [-0.4, -0.2) is 100 Å². The molecular formula is C23H31N7O6. The number of aryl methyl sites for hydroxylation is 1. The average Bonchev–Trinajstić information content (AvgIpc) is 3.40. The summed E-state index contributed by atoms with van der Waals surface area (Å²) in [6.07, 6.45) is -2.86. The van der Waals surface area contributed by atoms with Gasteiger partial charge in [-0.05, 0) is 30.9 Å². The van der Waals surface area contributed by atoms with Crippen LogP contribution in [0.3, 0.4) is 0 Å². The Balaban J connectivity index is 1.38. The molecule has 3 unspecified atom stereocenters. The average molecular weight is 502 g/mol. The molecule has 13 nitrogen and oxygen atoms in total. The number of amidine groups is 1. The molecule has 0 spiro atoms. The highest BCUT2D eigenvalue weighted by Crippen LogP contribution is 2.28. The summed E-state index contributed by atoms with van der Waals surface area (Å²) >= 11 is 0. The van der Waals surface area contributed by atoms with E-state index in [1.165, 1.54) is 6.34 Å². The first-order chi connectivity index (χ1) is 17.3. The van der Waals surface area contributed by atoms with E-state index in [-0.39, 0.29) is 12.3 Å². The minimum atomic E-state index is -1.40. The number of nitrogens with two attached hydrogens (primary N) is 1. The Morgan fingerprint density at radius 2 is 1.89 bits per heavy atom. The topological polar surface area (TPSA) is 194 Å². The molecule has 0 radical (unpaired) electrons. The third-order valence-corrected chi connectivity index (χ3v) is 6.25. The van der Waals surface area contributed by atoms with Crippen LogP contribution < -0.4 is 16.4 Å². The molecule has 3 heterocycles. The summed E-state index contributed by atoms with van der Waals surface area (Å²) < 4.78 is 5.71. The fourth-order valence-electron chi connectivity index (χ4n) is 4.33. The van der Waals surface area contributed by atoms with Crippen molar-refractivity contribution in [1.82, 2.24) is 15.5 Å². The first-order valence-corrected chi connectivity index (χ1v) is 11.8. The van der Waals surface area contributed by atoms with E-state index in [0.717, 1.165) is 11.1 Å². The van der Waals surface area contributed by atoms with Crippen molar-refractivity contribution in [2.24, 2.45) is 20.7 Å². The zero-order valence-electron chi connectivity index (χ0n) is 19.8. The lowest BCUT2D eigenvalue weighted by molar-refractivity contribution is -0.139. The summed E-state index contributed by atoms with van der Waals surface area (Å²) in [5.41, 5.74) is 8.13. The van der Waals surface area contributed by atoms with Gasteiger partial charge in [-0.15, -0.1) is 0 Å². The summed E-state index contributed by atoms with van der Waals surface area (Å²) in [6, 6.07) is 7.17. The number of hydrogen-bond acceptors (Lipinski definition) is 9. The largest absolute Gasteiger partial charge is 0.481 e. The maximum atomic E-state index is 12.2. The van der Waals surface area contributed by atoms with Gasteiger partial charge in [-0.2, -0.15) is 4.99 Å². The summed E-state index contributed by atoms with van der Waals surface area (Å²) in [6.45, 7) is 2.54. The number of aliphatic hydroxyl groups excluding tert-OH is 2. The minimum Gasteiger partial charge on any atom is -0.481 e. The number of likely N-dealkylation sites (N-methyl/N-ethyl adjacent to an activating group) is 1. The highest BCUT2D eigenvalue weighted by molar-refractivity contribution is 6.02. The van der Waals surface area contributed by atoms with Crippen molar-refractivity contribution < 1.29 is 29.6 Å². The smallest absolute Gasteiger partial charge is 0.303 e. The number of carboxylic acids is 1. The Labute approximate surface area is 207 Å². The number of aliphatic carboxylic acids is 1. The molecule has 1 fully saturated rings. The Hall–Kier alpha value is -3.55. The van der Waals surface area contributed by atoms with Crippen molar-refractivity contribution >= 4 is 30.0 Å². The van der Waals surface area contributed by atoms with Crippen molar-refractivity contribution in [3.63, 3.8) is 0 Å². The summed E-state index contributed by atoms with van der Waals surface area (Å²) in [5, 5.41) is 35.5. The number of rotatable bonds is 9. The Morgan fingerprint density at radius 3 is 2.56 bits per heavy atom. The lowest BCUT2D eigenvalue weighted by Crippen LogP contribution is -2.61. The minimum absolute atomic E-state index is 0.0927. The molecule has 36 heavy (non-hydrogen) atoms. The summed E-state index contributed by atoms with van der Waals surface area (Å²) in [4.78, 5) is 37.6. The van der Waals surface area contributed by atoms with E-state index in [1.54, 1.807) is 11.8 Å². The van der Waals surface area contributed by atoms with Gasteiger partial charge in [0.05, 0.1) is 6.34 Å². The number of fused-ring (bicyclic) bond motifs is 1. The highest BCUT2D eigenvalue weighted by atomic mass is 16.6. The normalized spacial score (nSPS) is 30.1. The van der Waals surface area contributed by atoms with E-state index in [2.05, 4.69) is 25.6 Å². The van der Waals surface area contributed by atoms with E-state index >= 15 is 0 Å². The van der Waals surface area contributed by atoms with Gasteiger partial charge in [-0.3, -0.25) is 19.6 Å². The van der Waals surface area contributed by atoms with Crippen LogP contribution in [0, 0.1) is 0 Å². The summed E-state index contributed by atoms with van der Waals surface area (Å²) in [7, 11) is 0. The Bertz CT molecular complexity index is 1060. The Kier molecular flexibility index (Phi) is 7.82. The van der Waals surface area contributed by atoms with Crippen molar-refractivity contribution in [2.75, 3.05) is 13.1 Å². The number of ether oxygens (including phenoxy) is 1. The van der Waals surface area contributed by atoms with Gasteiger partial charge < -0.3 is 41.3 Å². The van der Waals surface area contributed by atoms with Gasteiger partial charge in [-0.25, -0.2) is 0 Å². The number of hydrogen-bond donors (Lipinski definition) is 6. The molecule has 0 aromatic heterocycles. The van der Waals surface area contributed by atoms with Crippen molar-refractivity contribution in [1.29, 1.82) is 0 Å². The molecule has 3 aliphatic heterocycles. The van der Waals surface area contributed by atoms with Gasteiger partial charge in [0.1, 0.15) is 30.3 Å². The molecular weight excluding hydrogens is 470 g/mol. The predicted molar refractivity (Wildman–Crippen MR) is 130 cm³/mol. The number of carboxylic acid groups (broad SMARTS) is 1. The van der Waals surface area contributed by atoms with Crippen LogP contribution in [0.15, 0.2) is 39.2 Å². The van der Waals surface area contributed by atoms with Crippen molar-refractivity contribution in [3.05, 3.63) is 35.4 Å². The lowest BCUT2D eigenvalue weighted by atomic mass is 10.1. The molecule has 1 aromatic carbocycles. The van der Waals surface area contributed by atoms with Crippen LogP contribution in [0.25, 0.3) is 0 Å². The van der Waals surface area contributed by atoms with Crippen LogP contribution >= 0.6 is 0 Å². The number of nitrogens with zero attached hydrogens (tertiary/aromatic N) is 4. The molecule has 194 valence electrons. The molecule has 1 amide bonds. The third-order valence-electron chi connectivity index (χ3n) is 6.25. The van der Waals surface area contributed by atoms with Gasteiger partial charge in [0.25, 0.3) is 5.91 Å². The van der Waals surface area contributed by atoms with Crippen LogP contribution in [-0.2, 0) is 27.2 Å². The molecule has 4 rings (SSSR count). The monoisotopic (exact) mass is 501 g/mol. The Morgan fingerprint density at radius 1 is 1.19 bits per heavy atom. The standard InChI is InChI=1S/C23H31N7O6/c1-2-25-21(35)18-16(33)17(34)22(36-18)30-11-27-15-19(24)28-23(29-20(15)30)26-10-9-13-5-3-12(4-6-13)7-8-14(31)32/h3-6,11,15-18,20,22,33-34H,2,7-10H2,1H3,(H,25,35)(H,31,32)(H3,24,26,28,29)/t15?,16-,17+,18-,20?,22?/m0/s1. The van der Waals surface area contributed by atoms with E-state index in [1.807, 2.05) is 24.3 Å². The molecule has 3 aliphatic rings. The van der Waals surface area contributed by atoms with E-state index in [9.17, 15) is 19.8 Å². The second kappa shape index (κ2) is 11.0. The summed E-state index contributed by atoms with van der Waals surface area (Å²) in [5.74, 6) is -0.785. The fraction of sp³-hybridized carbons (Fsp3) is 0.522.